The van der Waals surface area contributed by atoms with E-state index in [-0.39, 0.29) is 0 Å². The molecule has 0 fully saturated rings. The summed E-state index contributed by atoms with van der Waals surface area (Å²) in [7, 11) is 2.21. The summed E-state index contributed by atoms with van der Waals surface area (Å²) < 4.78 is 0. The molecule has 1 aromatic rings. The molecule has 0 aliphatic carbocycles. The molecule has 0 amide bonds. The monoisotopic (exact) mass is 297 g/mol. The van der Waals surface area contributed by atoms with Crippen molar-refractivity contribution in [3.05, 3.63) is 16.1 Å². The Balaban J connectivity index is 2.50. The van der Waals surface area contributed by atoms with Gasteiger partial charge in [0, 0.05) is 25.0 Å². The summed E-state index contributed by atoms with van der Waals surface area (Å²) in [5.74, 6) is 0. The third-order valence-corrected chi connectivity index (χ3v) is 4.40. The Bertz CT molecular complexity index is 378. The molecule has 20 heavy (non-hydrogen) atoms. The second kappa shape index (κ2) is 8.75. The highest BCUT2D eigenvalue weighted by molar-refractivity contribution is 7.09. The molecule has 0 aliphatic rings. The van der Waals surface area contributed by atoms with E-state index in [1.54, 1.807) is 11.3 Å². The molecule has 1 unspecified atom stereocenters. The van der Waals surface area contributed by atoms with Crippen molar-refractivity contribution in [2.24, 2.45) is 5.41 Å². The van der Waals surface area contributed by atoms with E-state index in [9.17, 15) is 0 Å². The van der Waals surface area contributed by atoms with Crippen molar-refractivity contribution in [3.63, 3.8) is 0 Å². The third kappa shape index (κ3) is 6.33. The van der Waals surface area contributed by atoms with Crippen LogP contribution in [0.25, 0.3) is 0 Å². The quantitative estimate of drug-likeness (QED) is 0.668. The van der Waals surface area contributed by atoms with Gasteiger partial charge < -0.3 is 5.32 Å². The number of aromatic nitrogens is 1. The summed E-state index contributed by atoms with van der Waals surface area (Å²) in [6, 6.07) is 0. The molecule has 1 atom stereocenters. The Kier molecular flexibility index (Phi) is 7.70. The molecule has 0 saturated heterocycles. The van der Waals surface area contributed by atoms with E-state index in [4.69, 9.17) is 0 Å². The van der Waals surface area contributed by atoms with E-state index in [1.165, 1.54) is 25.0 Å². The molecule has 1 N–H and O–H groups in total. The van der Waals surface area contributed by atoms with Crippen molar-refractivity contribution in [1.82, 2.24) is 15.2 Å². The first-order valence-electron chi connectivity index (χ1n) is 7.79. The maximum Gasteiger partial charge on any atom is 0.0897 e. The van der Waals surface area contributed by atoms with Gasteiger partial charge in [-0.15, -0.1) is 11.3 Å². The van der Waals surface area contributed by atoms with Crippen molar-refractivity contribution in [3.8, 4) is 0 Å². The minimum Gasteiger partial charge on any atom is -0.316 e. The van der Waals surface area contributed by atoms with Crippen molar-refractivity contribution in [2.75, 3.05) is 26.7 Å². The first-order valence-corrected chi connectivity index (χ1v) is 8.67. The second-order valence-corrected chi connectivity index (χ2v) is 7.33. The number of nitrogens with one attached hydrogen (secondary N) is 1. The lowest BCUT2D eigenvalue weighted by Gasteiger charge is -2.34. The summed E-state index contributed by atoms with van der Waals surface area (Å²) in [5.41, 5.74) is 1.55. The van der Waals surface area contributed by atoms with Crippen LogP contribution < -0.4 is 5.32 Å². The van der Waals surface area contributed by atoms with Crippen LogP contribution in [0.4, 0.5) is 0 Å². The van der Waals surface area contributed by atoms with Gasteiger partial charge in [0.05, 0.1) is 10.7 Å². The first-order chi connectivity index (χ1) is 9.49. The van der Waals surface area contributed by atoms with Gasteiger partial charge in [-0.05, 0) is 38.8 Å². The number of hydrogen-bond donors (Lipinski definition) is 1. The van der Waals surface area contributed by atoms with E-state index in [2.05, 4.69) is 55.3 Å². The van der Waals surface area contributed by atoms with Crippen LogP contribution in [0.5, 0.6) is 0 Å². The lowest BCUT2D eigenvalue weighted by atomic mass is 9.85. The van der Waals surface area contributed by atoms with E-state index in [1.807, 2.05) is 0 Å². The molecule has 1 rings (SSSR count). The lowest BCUT2D eigenvalue weighted by Crippen LogP contribution is -2.41. The molecule has 4 heteroatoms. The van der Waals surface area contributed by atoms with Gasteiger partial charge in [-0.1, -0.05) is 27.2 Å². The largest absolute Gasteiger partial charge is 0.316 e. The highest BCUT2D eigenvalue weighted by Gasteiger charge is 2.24. The minimum atomic E-state index is 0.351. The zero-order valence-corrected chi connectivity index (χ0v) is 14.6. The van der Waals surface area contributed by atoms with Gasteiger partial charge in [0.25, 0.3) is 0 Å². The van der Waals surface area contributed by atoms with Crippen LogP contribution in [0.3, 0.4) is 0 Å². The Morgan fingerprint density at radius 1 is 1.35 bits per heavy atom. The number of rotatable bonds is 10. The summed E-state index contributed by atoms with van der Waals surface area (Å²) in [6.45, 7) is 13.3. The summed E-state index contributed by atoms with van der Waals surface area (Å²) in [5, 5.41) is 6.93. The van der Waals surface area contributed by atoms with Crippen LogP contribution in [-0.2, 0) is 6.54 Å². The Hall–Kier alpha value is -0.450. The normalized spacial score (nSPS) is 14.7. The maximum absolute atomic E-state index is 4.56. The van der Waals surface area contributed by atoms with Crippen LogP contribution in [0, 0.1) is 12.3 Å². The SMILES string of the molecule is CCCNCC(C)(CCC)CN(C)Cc1csc(C)n1. The zero-order chi connectivity index (χ0) is 15.0. The van der Waals surface area contributed by atoms with Crippen molar-refractivity contribution in [1.29, 1.82) is 0 Å². The average Bonchev–Trinajstić information content (AvgIpc) is 2.74. The molecular weight excluding hydrogens is 266 g/mol. The highest BCUT2D eigenvalue weighted by Crippen LogP contribution is 2.24. The Morgan fingerprint density at radius 3 is 2.65 bits per heavy atom. The molecular formula is C16H31N3S. The van der Waals surface area contributed by atoms with Gasteiger partial charge in [0.1, 0.15) is 0 Å². The van der Waals surface area contributed by atoms with E-state index < -0.39 is 0 Å². The van der Waals surface area contributed by atoms with E-state index >= 15 is 0 Å². The summed E-state index contributed by atoms with van der Waals surface area (Å²) >= 11 is 1.74. The summed E-state index contributed by atoms with van der Waals surface area (Å²) in [6.07, 6.45) is 3.72. The van der Waals surface area contributed by atoms with Gasteiger partial charge in [-0.25, -0.2) is 4.98 Å². The fraction of sp³-hybridized carbons (Fsp3) is 0.812. The van der Waals surface area contributed by atoms with Crippen LogP contribution in [0.2, 0.25) is 0 Å². The van der Waals surface area contributed by atoms with Crippen LogP contribution in [-0.4, -0.2) is 36.6 Å². The van der Waals surface area contributed by atoms with Crippen molar-refractivity contribution < 1.29 is 0 Å². The van der Waals surface area contributed by atoms with Crippen molar-refractivity contribution >= 4 is 11.3 Å². The van der Waals surface area contributed by atoms with Crippen LogP contribution in [0.15, 0.2) is 5.38 Å². The standard InChI is InChI=1S/C16H31N3S/c1-6-8-16(4,12-17-9-7-2)13-19(5)10-15-11-20-14(3)18-15/h11,17H,6-10,12-13H2,1-5H3. The van der Waals surface area contributed by atoms with Gasteiger partial charge in [0.15, 0.2) is 0 Å². The molecule has 1 aromatic heterocycles. The maximum atomic E-state index is 4.56. The number of hydrogen-bond acceptors (Lipinski definition) is 4. The van der Waals surface area contributed by atoms with E-state index in [0.29, 0.717) is 5.41 Å². The molecule has 3 nitrogen and oxygen atoms in total. The predicted octanol–water partition coefficient (Wildman–Crippen LogP) is 3.69. The smallest absolute Gasteiger partial charge is 0.0897 e. The zero-order valence-electron chi connectivity index (χ0n) is 13.8. The van der Waals surface area contributed by atoms with Crippen LogP contribution in [0.1, 0.15) is 50.7 Å². The Labute approximate surface area is 128 Å². The van der Waals surface area contributed by atoms with Crippen LogP contribution >= 0.6 is 11.3 Å². The van der Waals surface area contributed by atoms with Crippen molar-refractivity contribution in [2.45, 2.75) is 53.5 Å². The lowest BCUT2D eigenvalue weighted by molar-refractivity contribution is 0.167. The molecule has 0 bridgehead atoms. The molecule has 0 aliphatic heterocycles. The Morgan fingerprint density at radius 2 is 2.10 bits per heavy atom. The molecule has 0 spiro atoms. The molecule has 0 aromatic carbocycles. The number of thiazole rings is 1. The third-order valence-electron chi connectivity index (χ3n) is 3.58. The molecule has 0 saturated carbocycles. The highest BCUT2D eigenvalue weighted by atomic mass is 32.1. The molecule has 0 radical (unpaired) electrons. The van der Waals surface area contributed by atoms with Gasteiger partial charge in [-0.2, -0.15) is 0 Å². The van der Waals surface area contributed by atoms with Gasteiger partial charge in [-0.3, -0.25) is 4.90 Å². The second-order valence-electron chi connectivity index (χ2n) is 6.27. The van der Waals surface area contributed by atoms with Gasteiger partial charge >= 0.3 is 0 Å². The minimum absolute atomic E-state index is 0.351. The number of aryl methyl sites for hydroxylation is 1. The number of nitrogens with zero attached hydrogens (tertiary/aromatic N) is 2. The first kappa shape index (κ1) is 17.6. The van der Waals surface area contributed by atoms with E-state index in [0.717, 1.165) is 31.2 Å². The fourth-order valence-corrected chi connectivity index (χ4v) is 3.46. The summed E-state index contributed by atoms with van der Waals surface area (Å²) in [4.78, 5) is 6.98. The molecule has 1 heterocycles. The fourth-order valence-electron chi connectivity index (χ4n) is 2.86. The average molecular weight is 298 g/mol. The van der Waals surface area contributed by atoms with Gasteiger partial charge in [0.2, 0.25) is 0 Å². The predicted molar refractivity (Wildman–Crippen MR) is 89.4 cm³/mol. The topological polar surface area (TPSA) is 28.2 Å². The molecule has 116 valence electrons.